The van der Waals surface area contributed by atoms with E-state index in [-0.39, 0.29) is 11.6 Å². The van der Waals surface area contributed by atoms with Crippen molar-refractivity contribution in [2.75, 3.05) is 13.1 Å². The minimum Gasteiger partial charge on any atom is -0.386 e. The number of likely N-dealkylation sites (tertiary alicyclic amines) is 1. The van der Waals surface area contributed by atoms with Gasteiger partial charge in [-0.15, -0.1) is 0 Å². The van der Waals surface area contributed by atoms with Crippen molar-refractivity contribution in [3.05, 3.63) is 46.0 Å². The summed E-state index contributed by atoms with van der Waals surface area (Å²) in [6.45, 7) is 2.68. The molecule has 1 heterocycles. The van der Waals surface area contributed by atoms with Gasteiger partial charge in [0.2, 0.25) is 5.91 Å². The van der Waals surface area contributed by atoms with Crippen molar-refractivity contribution in [3.8, 4) is 0 Å². The largest absolute Gasteiger partial charge is 0.386 e. The maximum Gasteiger partial charge on any atom is 0.270 e. The maximum atomic E-state index is 11.9. The molecule has 0 aromatic heterocycles. The minimum absolute atomic E-state index is 0.00845. The van der Waals surface area contributed by atoms with E-state index >= 15 is 0 Å². The second-order valence-corrected chi connectivity index (χ2v) is 5.35. The van der Waals surface area contributed by atoms with Crippen LogP contribution in [-0.2, 0) is 4.79 Å². The van der Waals surface area contributed by atoms with E-state index < -0.39 is 10.5 Å². The Morgan fingerprint density at radius 1 is 1.52 bits per heavy atom. The number of nitro benzene ring substituents is 1. The zero-order valence-electron chi connectivity index (χ0n) is 11.9. The van der Waals surface area contributed by atoms with Crippen molar-refractivity contribution in [1.82, 2.24) is 4.90 Å². The molecule has 0 spiro atoms. The van der Waals surface area contributed by atoms with E-state index in [9.17, 15) is 20.0 Å². The molecule has 112 valence electrons. The van der Waals surface area contributed by atoms with Crippen molar-refractivity contribution < 1.29 is 14.8 Å². The highest BCUT2D eigenvalue weighted by atomic mass is 16.6. The molecule has 1 fully saturated rings. The first kappa shape index (κ1) is 15.2. The van der Waals surface area contributed by atoms with E-state index in [2.05, 4.69) is 0 Å². The summed E-state index contributed by atoms with van der Waals surface area (Å²) in [5.41, 5.74) is -0.156. The Bertz CT molecular complexity index is 577. The Kier molecular flexibility index (Phi) is 4.37. The molecular weight excluding hydrogens is 272 g/mol. The second-order valence-electron chi connectivity index (χ2n) is 5.35. The van der Waals surface area contributed by atoms with Crippen molar-refractivity contribution >= 4 is 17.7 Å². The Hall–Kier alpha value is -2.21. The van der Waals surface area contributed by atoms with Gasteiger partial charge in [0.25, 0.3) is 5.69 Å². The molecule has 1 N–H and O–H groups in total. The summed E-state index contributed by atoms with van der Waals surface area (Å²) in [4.78, 5) is 23.7. The van der Waals surface area contributed by atoms with E-state index in [4.69, 9.17) is 0 Å². The number of carbonyl (C=O) groups excluding carboxylic acids is 1. The standard InChI is InChI=1S/C15H18N2O4/c1-2-8-15(19)10-16(11-15)14(18)7-6-12-4-3-5-13(9-12)17(20)21/h3-7,9,19H,2,8,10-11H2,1H3. The third kappa shape index (κ3) is 3.66. The van der Waals surface area contributed by atoms with Gasteiger partial charge in [-0.2, -0.15) is 0 Å². The smallest absolute Gasteiger partial charge is 0.270 e. The van der Waals surface area contributed by atoms with Gasteiger partial charge in [0.1, 0.15) is 0 Å². The first-order chi connectivity index (χ1) is 9.93. The molecule has 1 aliphatic heterocycles. The van der Waals surface area contributed by atoms with Crippen LogP contribution >= 0.6 is 0 Å². The summed E-state index contributed by atoms with van der Waals surface area (Å²) >= 11 is 0. The number of benzene rings is 1. The highest BCUT2D eigenvalue weighted by Crippen LogP contribution is 2.26. The van der Waals surface area contributed by atoms with Gasteiger partial charge in [-0.25, -0.2) is 0 Å². The number of carbonyl (C=O) groups is 1. The summed E-state index contributed by atoms with van der Waals surface area (Å²) < 4.78 is 0. The van der Waals surface area contributed by atoms with Crippen LogP contribution in [0.3, 0.4) is 0 Å². The molecule has 0 atom stereocenters. The fourth-order valence-corrected chi connectivity index (χ4v) is 2.46. The third-order valence-electron chi connectivity index (χ3n) is 3.50. The summed E-state index contributed by atoms with van der Waals surface area (Å²) in [5, 5.41) is 20.7. The zero-order valence-corrected chi connectivity index (χ0v) is 11.9. The summed E-state index contributed by atoms with van der Waals surface area (Å²) in [6.07, 6.45) is 4.49. The normalized spacial score (nSPS) is 16.8. The Morgan fingerprint density at radius 3 is 2.86 bits per heavy atom. The number of non-ortho nitro benzene ring substituents is 1. The van der Waals surface area contributed by atoms with Crippen LogP contribution < -0.4 is 0 Å². The average molecular weight is 290 g/mol. The molecule has 1 aliphatic rings. The molecule has 0 saturated carbocycles. The molecule has 1 aromatic carbocycles. The van der Waals surface area contributed by atoms with E-state index in [0.29, 0.717) is 25.1 Å². The van der Waals surface area contributed by atoms with E-state index in [1.54, 1.807) is 23.1 Å². The van der Waals surface area contributed by atoms with Gasteiger partial charge in [-0.05, 0) is 18.1 Å². The van der Waals surface area contributed by atoms with E-state index in [0.717, 1.165) is 6.42 Å². The topological polar surface area (TPSA) is 83.7 Å². The molecule has 0 radical (unpaired) electrons. The number of hydrogen-bond acceptors (Lipinski definition) is 4. The maximum absolute atomic E-state index is 11.9. The predicted octanol–water partition coefficient (Wildman–Crippen LogP) is 1.98. The lowest BCUT2D eigenvalue weighted by Gasteiger charge is -2.46. The third-order valence-corrected chi connectivity index (χ3v) is 3.50. The molecule has 2 rings (SSSR count). The van der Waals surface area contributed by atoms with Crippen molar-refractivity contribution in [1.29, 1.82) is 0 Å². The molecule has 6 heteroatoms. The second kappa shape index (κ2) is 6.05. The lowest BCUT2D eigenvalue weighted by atomic mass is 9.89. The number of aliphatic hydroxyl groups is 1. The van der Waals surface area contributed by atoms with Crippen LogP contribution in [0.2, 0.25) is 0 Å². The number of nitro groups is 1. The highest BCUT2D eigenvalue weighted by molar-refractivity contribution is 5.92. The number of nitrogens with zero attached hydrogens (tertiary/aromatic N) is 2. The lowest BCUT2D eigenvalue weighted by Crippen LogP contribution is -2.63. The van der Waals surface area contributed by atoms with Gasteiger partial charge in [0.15, 0.2) is 0 Å². The molecule has 0 aliphatic carbocycles. The highest BCUT2D eigenvalue weighted by Gasteiger charge is 2.41. The van der Waals surface area contributed by atoms with Crippen LogP contribution in [0.4, 0.5) is 5.69 Å². The monoisotopic (exact) mass is 290 g/mol. The van der Waals surface area contributed by atoms with Gasteiger partial charge in [0, 0.05) is 18.2 Å². The van der Waals surface area contributed by atoms with Crippen LogP contribution in [0, 0.1) is 10.1 Å². The summed E-state index contributed by atoms with van der Waals surface area (Å²) in [5.74, 6) is -0.192. The molecule has 1 aromatic rings. The van der Waals surface area contributed by atoms with E-state index in [1.165, 1.54) is 18.2 Å². The van der Waals surface area contributed by atoms with Gasteiger partial charge in [0.05, 0.1) is 23.6 Å². The molecule has 1 amide bonds. The molecular formula is C15H18N2O4. The van der Waals surface area contributed by atoms with Gasteiger partial charge in [-0.1, -0.05) is 25.5 Å². The first-order valence-electron chi connectivity index (χ1n) is 6.87. The number of rotatable bonds is 5. The minimum atomic E-state index is -0.746. The molecule has 0 unspecified atom stereocenters. The van der Waals surface area contributed by atoms with Crippen LogP contribution in [0.15, 0.2) is 30.3 Å². The van der Waals surface area contributed by atoms with Gasteiger partial charge >= 0.3 is 0 Å². The van der Waals surface area contributed by atoms with Gasteiger partial charge < -0.3 is 10.0 Å². The zero-order chi connectivity index (χ0) is 15.5. The fraction of sp³-hybridized carbons (Fsp3) is 0.400. The number of β-amino-alcohol motifs (C(OH)–C–C–N with tert-alkyl or cyclic N) is 1. The van der Waals surface area contributed by atoms with Gasteiger partial charge in [-0.3, -0.25) is 14.9 Å². The molecule has 6 nitrogen and oxygen atoms in total. The van der Waals surface area contributed by atoms with Crippen molar-refractivity contribution in [2.24, 2.45) is 0 Å². The predicted molar refractivity (Wildman–Crippen MR) is 78.6 cm³/mol. The SMILES string of the molecule is CCCC1(O)CN(C(=O)C=Cc2cccc([N+](=O)[O-])c2)C1. The molecule has 21 heavy (non-hydrogen) atoms. The Morgan fingerprint density at radius 2 is 2.24 bits per heavy atom. The van der Waals surface area contributed by atoms with Crippen molar-refractivity contribution in [3.63, 3.8) is 0 Å². The molecule has 0 bridgehead atoms. The first-order valence-corrected chi connectivity index (χ1v) is 6.87. The summed E-state index contributed by atoms with van der Waals surface area (Å²) in [6, 6.07) is 6.08. The lowest BCUT2D eigenvalue weighted by molar-refractivity contribution is -0.384. The average Bonchev–Trinajstić information content (AvgIpc) is 2.42. The van der Waals surface area contributed by atoms with E-state index in [1.807, 2.05) is 6.92 Å². The van der Waals surface area contributed by atoms with Crippen LogP contribution in [0.1, 0.15) is 25.3 Å². The quantitative estimate of drug-likeness (QED) is 0.510. The van der Waals surface area contributed by atoms with Crippen molar-refractivity contribution in [2.45, 2.75) is 25.4 Å². The van der Waals surface area contributed by atoms with Crippen LogP contribution in [0.25, 0.3) is 6.08 Å². The fourth-order valence-electron chi connectivity index (χ4n) is 2.46. The Labute approximate surface area is 122 Å². The number of hydrogen-bond donors (Lipinski definition) is 1. The molecule has 1 saturated heterocycles. The van der Waals surface area contributed by atoms with Crippen LogP contribution in [-0.4, -0.2) is 39.5 Å². The van der Waals surface area contributed by atoms with Crippen LogP contribution in [0.5, 0.6) is 0 Å². The summed E-state index contributed by atoms with van der Waals surface area (Å²) in [7, 11) is 0. The number of amides is 1. The Balaban J connectivity index is 1.95.